The van der Waals surface area contributed by atoms with Gasteiger partial charge in [-0.05, 0) is 18.6 Å². The summed E-state index contributed by atoms with van der Waals surface area (Å²) in [5.41, 5.74) is 5.43. The predicted octanol–water partition coefficient (Wildman–Crippen LogP) is 2.56. The summed E-state index contributed by atoms with van der Waals surface area (Å²) < 4.78 is 24.4. The van der Waals surface area contributed by atoms with Crippen molar-refractivity contribution in [1.29, 1.82) is 0 Å². The minimum atomic E-state index is -2.68. The second-order valence-electron chi connectivity index (χ2n) is 2.36. The van der Waals surface area contributed by atoms with E-state index in [1.807, 2.05) is 0 Å². The number of hydrogen-bond donors (Lipinski definition) is 1. The summed E-state index contributed by atoms with van der Waals surface area (Å²) in [6, 6.07) is 1.45. The van der Waals surface area contributed by atoms with Gasteiger partial charge in [0.25, 0.3) is 6.43 Å². The molecule has 1 aromatic rings. The van der Waals surface area contributed by atoms with Crippen LogP contribution in [0.1, 0.15) is 17.7 Å². The van der Waals surface area contributed by atoms with Gasteiger partial charge in [-0.2, -0.15) is 0 Å². The highest BCUT2D eigenvalue weighted by Gasteiger charge is 2.15. The average molecular weight is 193 g/mol. The highest BCUT2D eigenvalue weighted by atomic mass is 35.5. The molecule has 0 atom stereocenters. The molecular weight excluding hydrogens is 186 g/mol. The van der Waals surface area contributed by atoms with E-state index in [9.17, 15) is 8.78 Å². The standard InChI is InChI=1S/C7H7ClF2N2/c1-3-2-4(8)12-6(5(3)11)7(9)10/h2,7H,11H2,1H3. The van der Waals surface area contributed by atoms with E-state index in [2.05, 4.69) is 4.98 Å². The molecule has 0 saturated heterocycles. The van der Waals surface area contributed by atoms with Crippen LogP contribution < -0.4 is 5.73 Å². The molecule has 0 spiro atoms. The van der Waals surface area contributed by atoms with E-state index in [-0.39, 0.29) is 10.8 Å². The van der Waals surface area contributed by atoms with Crippen LogP contribution in [0.5, 0.6) is 0 Å². The number of alkyl halides is 2. The maximum absolute atomic E-state index is 12.2. The maximum Gasteiger partial charge on any atom is 0.282 e. The Morgan fingerprint density at radius 3 is 2.67 bits per heavy atom. The zero-order chi connectivity index (χ0) is 9.30. The summed E-state index contributed by atoms with van der Waals surface area (Å²) in [6.45, 7) is 1.61. The topological polar surface area (TPSA) is 38.9 Å². The van der Waals surface area contributed by atoms with Gasteiger partial charge in [0.1, 0.15) is 10.8 Å². The van der Waals surface area contributed by atoms with Crippen LogP contribution in [0.4, 0.5) is 14.5 Å². The van der Waals surface area contributed by atoms with E-state index in [1.165, 1.54) is 6.07 Å². The lowest BCUT2D eigenvalue weighted by Crippen LogP contribution is -2.01. The van der Waals surface area contributed by atoms with Crippen LogP contribution >= 0.6 is 11.6 Å². The third kappa shape index (κ3) is 1.64. The molecule has 2 nitrogen and oxygen atoms in total. The van der Waals surface area contributed by atoms with Crippen molar-refractivity contribution in [3.05, 3.63) is 22.5 Å². The second kappa shape index (κ2) is 3.23. The first kappa shape index (κ1) is 9.19. The van der Waals surface area contributed by atoms with Crippen molar-refractivity contribution >= 4 is 17.3 Å². The minimum Gasteiger partial charge on any atom is -0.397 e. The lowest BCUT2D eigenvalue weighted by Gasteiger charge is -2.06. The fraction of sp³-hybridized carbons (Fsp3) is 0.286. The molecule has 1 heterocycles. The predicted molar refractivity (Wildman–Crippen MR) is 43.4 cm³/mol. The lowest BCUT2D eigenvalue weighted by atomic mass is 10.2. The average Bonchev–Trinajstić information content (AvgIpc) is 1.96. The van der Waals surface area contributed by atoms with E-state index in [0.717, 1.165) is 0 Å². The molecule has 0 aliphatic rings. The molecule has 0 unspecified atom stereocenters. The van der Waals surface area contributed by atoms with Crippen molar-refractivity contribution in [3.63, 3.8) is 0 Å². The van der Waals surface area contributed by atoms with E-state index in [1.54, 1.807) is 6.92 Å². The molecule has 1 aromatic heterocycles. The zero-order valence-corrected chi connectivity index (χ0v) is 7.07. The Morgan fingerprint density at radius 1 is 1.58 bits per heavy atom. The highest BCUT2D eigenvalue weighted by Crippen LogP contribution is 2.27. The molecule has 0 radical (unpaired) electrons. The molecular formula is C7H7ClF2N2. The van der Waals surface area contributed by atoms with E-state index >= 15 is 0 Å². The number of nitrogens with two attached hydrogens (primary N) is 1. The van der Waals surface area contributed by atoms with Gasteiger partial charge in [-0.25, -0.2) is 13.8 Å². The Labute approximate surface area is 73.4 Å². The number of nitrogens with zero attached hydrogens (tertiary/aromatic N) is 1. The van der Waals surface area contributed by atoms with Gasteiger partial charge in [0, 0.05) is 0 Å². The van der Waals surface area contributed by atoms with Crippen LogP contribution in [0, 0.1) is 6.92 Å². The third-order valence-electron chi connectivity index (χ3n) is 1.47. The SMILES string of the molecule is Cc1cc(Cl)nc(C(F)F)c1N. The van der Waals surface area contributed by atoms with E-state index in [4.69, 9.17) is 17.3 Å². The van der Waals surface area contributed by atoms with Crippen molar-refractivity contribution in [2.75, 3.05) is 5.73 Å². The van der Waals surface area contributed by atoms with Crippen LogP contribution in [-0.4, -0.2) is 4.98 Å². The van der Waals surface area contributed by atoms with Crippen molar-refractivity contribution in [1.82, 2.24) is 4.98 Å². The Morgan fingerprint density at radius 2 is 2.17 bits per heavy atom. The number of pyridine rings is 1. The van der Waals surface area contributed by atoms with E-state index in [0.29, 0.717) is 5.56 Å². The molecule has 0 amide bonds. The van der Waals surface area contributed by atoms with Crippen molar-refractivity contribution in [2.24, 2.45) is 0 Å². The fourth-order valence-electron chi connectivity index (χ4n) is 0.832. The molecule has 0 aromatic carbocycles. The van der Waals surface area contributed by atoms with Gasteiger partial charge in [0.05, 0.1) is 5.69 Å². The molecule has 0 aliphatic heterocycles. The van der Waals surface area contributed by atoms with Crippen LogP contribution in [0.15, 0.2) is 6.07 Å². The summed E-state index contributed by atoms with van der Waals surface area (Å²) in [7, 11) is 0. The van der Waals surface area contributed by atoms with Crippen LogP contribution in [0.25, 0.3) is 0 Å². The smallest absolute Gasteiger partial charge is 0.282 e. The number of nitrogen functional groups attached to an aromatic ring is 1. The van der Waals surface area contributed by atoms with Crippen molar-refractivity contribution in [3.8, 4) is 0 Å². The van der Waals surface area contributed by atoms with Gasteiger partial charge >= 0.3 is 0 Å². The third-order valence-corrected chi connectivity index (χ3v) is 1.66. The quantitative estimate of drug-likeness (QED) is 0.695. The second-order valence-corrected chi connectivity index (χ2v) is 2.75. The first-order chi connectivity index (χ1) is 5.52. The van der Waals surface area contributed by atoms with Gasteiger partial charge in [-0.1, -0.05) is 11.6 Å². The largest absolute Gasteiger partial charge is 0.397 e. The number of aryl methyl sites for hydroxylation is 1. The number of halogens is 3. The Balaban J connectivity index is 3.28. The minimum absolute atomic E-state index is 0.00870. The summed E-state index contributed by atoms with van der Waals surface area (Å²) in [6.07, 6.45) is -2.68. The number of rotatable bonds is 1. The first-order valence-corrected chi connectivity index (χ1v) is 3.61. The maximum atomic E-state index is 12.2. The molecule has 5 heteroatoms. The fourth-order valence-corrected chi connectivity index (χ4v) is 1.09. The van der Waals surface area contributed by atoms with Crippen LogP contribution in [0.2, 0.25) is 5.15 Å². The molecule has 1 rings (SSSR count). The van der Waals surface area contributed by atoms with Crippen molar-refractivity contribution < 1.29 is 8.78 Å². The first-order valence-electron chi connectivity index (χ1n) is 3.23. The number of hydrogen-bond acceptors (Lipinski definition) is 2. The lowest BCUT2D eigenvalue weighted by molar-refractivity contribution is 0.147. The zero-order valence-electron chi connectivity index (χ0n) is 6.31. The van der Waals surface area contributed by atoms with Crippen LogP contribution in [-0.2, 0) is 0 Å². The van der Waals surface area contributed by atoms with Gasteiger partial charge in [0.2, 0.25) is 0 Å². The molecule has 66 valence electrons. The van der Waals surface area contributed by atoms with Gasteiger partial charge < -0.3 is 5.73 Å². The Hall–Kier alpha value is -0.900. The van der Waals surface area contributed by atoms with Crippen LogP contribution in [0.3, 0.4) is 0 Å². The molecule has 0 saturated carbocycles. The monoisotopic (exact) mass is 192 g/mol. The summed E-state index contributed by atoms with van der Waals surface area (Å²) in [4.78, 5) is 3.42. The van der Waals surface area contributed by atoms with Gasteiger partial charge in [0.15, 0.2) is 0 Å². The normalized spacial score (nSPS) is 10.8. The summed E-state index contributed by atoms with van der Waals surface area (Å²) in [5, 5.41) is 0.0389. The molecule has 12 heavy (non-hydrogen) atoms. The summed E-state index contributed by atoms with van der Waals surface area (Å²) >= 11 is 5.47. The Bertz CT molecular complexity index is 302. The highest BCUT2D eigenvalue weighted by molar-refractivity contribution is 6.29. The van der Waals surface area contributed by atoms with Gasteiger partial charge in [-0.15, -0.1) is 0 Å². The molecule has 0 bridgehead atoms. The van der Waals surface area contributed by atoms with E-state index < -0.39 is 12.1 Å². The number of anilines is 1. The molecule has 0 fully saturated rings. The summed E-state index contributed by atoms with van der Waals surface area (Å²) in [5.74, 6) is 0. The molecule has 2 N–H and O–H groups in total. The number of aromatic nitrogens is 1. The molecule has 0 aliphatic carbocycles. The van der Waals surface area contributed by atoms with Gasteiger partial charge in [-0.3, -0.25) is 0 Å². The Kier molecular flexibility index (Phi) is 2.47. The van der Waals surface area contributed by atoms with Crippen molar-refractivity contribution in [2.45, 2.75) is 13.3 Å².